The zero-order valence-corrected chi connectivity index (χ0v) is 13.2. The number of nitrogens with two attached hydrogens (primary N) is 1. The number of hydrogen-bond donors (Lipinski definition) is 2. The van der Waals surface area contributed by atoms with Crippen LogP contribution in [0.5, 0.6) is 5.75 Å². The summed E-state index contributed by atoms with van der Waals surface area (Å²) >= 11 is 5.09. The van der Waals surface area contributed by atoms with Crippen molar-refractivity contribution in [2.75, 3.05) is 31.4 Å². The van der Waals surface area contributed by atoms with Gasteiger partial charge in [-0.05, 0) is 36.4 Å². The highest BCUT2D eigenvalue weighted by atomic mass is 32.1. The van der Waals surface area contributed by atoms with Gasteiger partial charge in [-0.2, -0.15) is 0 Å². The Morgan fingerprint density at radius 3 is 2.33 bits per heavy atom. The summed E-state index contributed by atoms with van der Waals surface area (Å²) in [4.78, 5) is 2.40. The zero-order valence-electron chi connectivity index (χ0n) is 12.4. The van der Waals surface area contributed by atoms with Crippen LogP contribution in [-0.2, 0) is 0 Å². The molecule has 0 heterocycles. The molecule has 0 saturated heterocycles. The van der Waals surface area contributed by atoms with Gasteiger partial charge >= 0.3 is 0 Å². The molecule has 0 bridgehead atoms. The standard InChI is InChI=1S/C16H19N3OS/c1-19(2)12-6-4-11(5-7-12)18-15-10-13(20-3)8-9-14(15)16(17)21/h4-10,18H,1-3H3,(H2,17,21). The Labute approximate surface area is 130 Å². The number of nitrogens with zero attached hydrogens (tertiary/aromatic N) is 1. The fraction of sp³-hybridized carbons (Fsp3) is 0.188. The maximum absolute atomic E-state index is 5.77. The Morgan fingerprint density at radius 1 is 1.14 bits per heavy atom. The maximum Gasteiger partial charge on any atom is 0.120 e. The van der Waals surface area contributed by atoms with Crippen LogP contribution in [0, 0.1) is 0 Å². The summed E-state index contributed by atoms with van der Waals surface area (Å²) in [7, 11) is 5.65. The maximum atomic E-state index is 5.77. The number of ether oxygens (including phenoxy) is 1. The first kappa shape index (κ1) is 15.1. The van der Waals surface area contributed by atoms with Crippen LogP contribution in [0.25, 0.3) is 0 Å². The molecule has 5 heteroatoms. The molecule has 21 heavy (non-hydrogen) atoms. The third kappa shape index (κ3) is 3.64. The van der Waals surface area contributed by atoms with E-state index in [0.29, 0.717) is 4.99 Å². The topological polar surface area (TPSA) is 50.5 Å². The molecular weight excluding hydrogens is 282 g/mol. The molecule has 0 atom stereocenters. The Bertz CT molecular complexity index is 638. The van der Waals surface area contributed by atoms with Gasteiger partial charge in [0, 0.05) is 37.1 Å². The summed E-state index contributed by atoms with van der Waals surface area (Å²) < 4.78 is 5.25. The number of methoxy groups -OCH3 is 1. The van der Waals surface area contributed by atoms with Crippen LogP contribution in [0.15, 0.2) is 42.5 Å². The fourth-order valence-corrected chi connectivity index (χ4v) is 2.15. The van der Waals surface area contributed by atoms with Crippen LogP contribution in [0.3, 0.4) is 0 Å². The quantitative estimate of drug-likeness (QED) is 0.831. The molecule has 0 aliphatic carbocycles. The highest BCUT2D eigenvalue weighted by Gasteiger charge is 2.07. The van der Waals surface area contributed by atoms with Gasteiger partial charge in [0.05, 0.1) is 12.8 Å². The molecule has 2 aromatic rings. The molecule has 0 amide bonds. The first-order valence-electron chi connectivity index (χ1n) is 6.53. The molecule has 0 fully saturated rings. The van der Waals surface area contributed by atoms with E-state index in [4.69, 9.17) is 22.7 Å². The third-order valence-electron chi connectivity index (χ3n) is 3.15. The van der Waals surface area contributed by atoms with Gasteiger partial charge in [-0.1, -0.05) is 12.2 Å². The van der Waals surface area contributed by atoms with E-state index in [1.807, 2.05) is 56.6 Å². The molecule has 2 rings (SSSR count). The Balaban J connectivity index is 2.31. The van der Waals surface area contributed by atoms with Crippen molar-refractivity contribution in [2.24, 2.45) is 5.73 Å². The van der Waals surface area contributed by atoms with Gasteiger partial charge in [-0.3, -0.25) is 0 Å². The van der Waals surface area contributed by atoms with Gasteiger partial charge in [-0.25, -0.2) is 0 Å². The lowest BCUT2D eigenvalue weighted by molar-refractivity contribution is 0.415. The minimum Gasteiger partial charge on any atom is -0.497 e. The van der Waals surface area contributed by atoms with Crippen LogP contribution in [-0.4, -0.2) is 26.2 Å². The molecule has 4 nitrogen and oxygen atoms in total. The van der Waals surface area contributed by atoms with Crippen molar-refractivity contribution in [3.05, 3.63) is 48.0 Å². The van der Waals surface area contributed by atoms with Crippen LogP contribution in [0.1, 0.15) is 5.56 Å². The highest BCUT2D eigenvalue weighted by molar-refractivity contribution is 7.80. The van der Waals surface area contributed by atoms with Crippen LogP contribution < -0.4 is 20.7 Å². The van der Waals surface area contributed by atoms with Crippen molar-refractivity contribution in [3.63, 3.8) is 0 Å². The first-order valence-corrected chi connectivity index (χ1v) is 6.94. The fourth-order valence-electron chi connectivity index (χ4n) is 1.97. The van der Waals surface area contributed by atoms with Crippen molar-refractivity contribution >= 4 is 34.3 Å². The summed E-state index contributed by atoms with van der Waals surface area (Å²) in [5.41, 5.74) is 9.50. The van der Waals surface area contributed by atoms with Crippen molar-refractivity contribution in [3.8, 4) is 5.75 Å². The van der Waals surface area contributed by atoms with E-state index in [0.717, 1.165) is 28.4 Å². The van der Waals surface area contributed by atoms with Gasteiger partial charge < -0.3 is 20.7 Å². The van der Waals surface area contributed by atoms with E-state index in [-0.39, 0.29) is 0 Å². The molecule has 2 aromatic carbocycles. The lowest BCUT2D eigenvalue weighted by Crippen LogP contribution is -2.12. The summed E-state index contributed by atoms with van der Waals surface area (Å²) in [6.07, 6.45) is 0. The van der Waals surface area contributed by atoms with Crippen molar-refractivity contribution < 1.29 is 4.74 Å². The average molecular weight is 301 g/mol. The average Bonchev–Trinajstić information content (AvgIpc) is 2.47. The van der Waals surface area contributed by atoms with E-state index in [1.165, 1.54) is 0 Å². The third-order valence-corrected chi connectivity index (χ3v) is 3.37. The molecule has 0 radical (unpaired) electrons. The lowest BCUT2D eigenvalue weighted by Gasteiger charge is -2.15. The van der Waals surface area contributed by atoms with Crippen LogP contribution in [0.2, 0.25) is 0 Å². The van der Waals surface area contributed by atoms with Gasteiger partial charge in [0.15, 0.2) is 0 Å². The monoisotopic (exact) mass is 301 g/mol. The second-order valence-corrected chi connectivity index (χ2v) is 5.28. The normalized spacial score (nSPS) is 10.0. The summed E-state index contributed by atoms with van der Waals surface area (Å²) in [6.45, 7) is 0. The summed E-state index contributed by atoms with van der Waals surface area (Å²) in [6, 6.07) is 13.7. The number of hydrogen-bond acceptors (Lipinski definition) is 4. The second-order valence-electron chi connectivity index (χ2n) is 4.84. The van der Waals surface area contributed by atoms with Crippen molar-refractivity contribution in [1.29, 1.82) is 0 Å². The Hall–Kier alpha value is -2.27. The molecule has 0 saturated carbocycles. The highest BCUT2D eigenvalue weighted by Crippen LogP contribution is 2.27. The molecule has 0 spiro atoms. The SMILES string of the molecule is COc1ccc(C(N)=S)c(Nc2ccc(N(C)C)cc2)c1. The molecule has 0 aliphatic rings. The minimum absolute atomic E-state index is 0.352. The minimum atomic E-state index is 0.352. The van der Waals surface area contributed by atoms with Crippen LogP contribution >= 0.6 is 12.2 Å². The number of nitrogens with one attached hydrogen (secondary N) is 1. The van der Waals surface area contributed by atoms with E-state index < -0.39 is 0 Å². The first-order chi connectivity index (χ1) is 10.0. The number of rotatable bonds is 5. The van der Waals surface area contributed by atoms with Crippen molar-refractivity contribution in [1.82, 2.24) is 0 Å². The summed E-state index contributed by atoms with van der Waals surface area (Å²) in [5, 5.41) is 3.33. The van der Waals surface area contributed by atoms with Gasteiger partial charge in [0.2, 0.25) is 0 Å². The van der Waals surface area contributed by atoms with Crippen molar-refractivity contribution in [2.45, 2.75) is 0 Å². The largest absolute Gasteiger partial charge is 0.497 e. The van der Waals surface area contributed by atoms with Gasteiger partial charge in [0.25, 0.3) is 0 Å². The number of thiocarbonyl (C=S) groups is 1. The smallest absolute Gasteiger partial charge is 0.120 e. The van der Waals surface area contributed by atoms with E-state index in [9.17, 15) is 0 Å². The van der Waals surface area contributed by atoms with Gasteiger partial charge in [-0.15, -0.1) is 0 Å². The summed E-state index contributed by atoms with van der Waals surface area (Å²) in [5.74, 6) is 0.752. The Kier molecular flexibility index (Phi) is 4.65. The Morgan fingerprint density at radius 2 is 1.81 bits per heavy atom. The molecule has 0 aromatic heterocycles. The van der Waals surface area contributed by atoms with Crippen LogP contribution in [0.4, 0.5) is 17.1 Å². The molecule has 110 valence electrons. The predicted molar refractivity (Wildman–Crippen MR) is 92.9 cm³/mol. The van der Waals surface area contributed by atoms with E-state index in [1.54, 1.807) is 7.11 Å². The molecule has 0 unspecified atom stereocenters. The predicted octanol–water partition coefficient (Wildman–Crippen LogP) is 3.14. The lowest BCUT2D eigenvalue weighted by atomic mass is 10.1. The second kappa shape index (κ2) is 6.45. The number of anilines is 3. The molecular formula is C16H19N3OS. The molecule has 0 aliphatic heterocycles. The van der Waals surface area contributed by atoms with E-state index >= 15 is 0 Å². The van der Waals surface area contributed by atoms with Gasteiger partial charge in [0.1, 0.15) is 10.7 Å². The number of benzene rings is 2. The molecule has 3 N–H and O–H groups in total. The van der Waals surface area contributed by atoms with E-state index in [2.05, 4.69) is 10.2 Å². The zero-order chi connectivity index (χ0) is 15.4.